The number of nitrogens with zero attached hydrogens (tertiary/aromatic N) is 3. The quantitative estimate of drug-likeness (QED) is 0.555. The van der Waals surface area contributed by atoms with Crippen molar-refractivity contribution in [2.24, 2.45) is 4.99 Å². The number of fused-ring (bicyclic) bond motifs is 1. The Morgan fingerprint density at radius 2 is 2.00 bits per heavy atom. The van der Waals surface area contributed by atoms with E-state index in [-0.39, 0.29) is 10.5 Å². The van der Waals surface area contributed by atoms with Crippen LogP contribution in [0.25, 0.3) is 0 Å². The first-order valence-corrected chi connectivity index (χ1v) is 6.24. The molecule has 1 atom stereocenters. The number of hydrogen-bond donors (Lipinski definition) is 0. The van der Waals surface area contributed by atoms with Crippen LogP contribution in [-0.4, -0.2) is 20.9 Å². The van der Waals surface area contributed by atoms with Crippen LogP contribution in [0.3, 0.4) is 0 Å². The fourth-order valence-electron chi connectivity index (χ4n) is 1.51. The zero-order valence-corrected chi connectivity index (χ0v) is 9.26. The Balaban J connectivity index is 2.06. The lowest BCUT2D eigenvalue weighted by molar-refractivity contribution is 1.05. The van der Waals surface area contributed by atoms with Gasteiger partial charge in [-0.15, -0.1) is 0 Å². The molecule has 0 fully saturated rings. The standard InChI is InChI=1S/C12H9N3S/c1-2-4-10(5-3-1)7-16-9-15-11-6-13-8-14-12(11)16/h1-9H. The molecular formula is C12H9N3S. The Bertz CT molecular complexity index is 576. The molecule has 4 heteroatoms. The van der Waals surface area contributed by atoms with Crippen molar-refractivity contribution in [2.45, 2.75) is 5.03 Å². The summed E-state index contributed by atoms with van der Waals surface area (Å²) in [6, 6.07) is 10.2. The molecule has 3 nitrogen and oxygen atoms in total. The van der Waals surface area contributed by atoms with Gasteiger partial charge >= 0.3 is 0 Å². The second-order valence-corrected chi connectivity index (χ2v) is 4.92. The van der Waals surface area contributed by atoms with Crippen molar-refractivity contribution in [3.63, 3.8) is 0 Å². The molecule has 0 saturated carbocycles. The molecule has 0 N–H and O–H groups in total. The number of aliphatic imine (C=N–C) groups is 1. The van der Waals surface area contributed by atoms with E-state index in [2.05, 4.69) is 32.5 Å². The van der Waals surface area contributed by atoms with Crippen LogP contribution in [0.5, 0.6) is 0 Å². The van der Waals surface area contributed by atoms with Gasteiger partial charge in [-0.1, -0.05) is 40.8 Å². The van der Waals surface area contributed by atoms with Crippen LogP contribution >= 0.6 is 10.5 Å². The lowest BCUT2D eigenvalue weighted by Crippen LogP contribution is -1.84. The van der Waals surface area contributed by atoms with E-state index in [0.717, 1.165) is 10.7 Å². The van der Waals surface area contributed by atoms with Crippen molar-refractivity contribution in [1.29, 1.82) is 0 Å². The minimum Gasteiger partial charge on any atom is -0.246 e. The van der Waals surface area contributed by atoms with Gasteiger partial charge in [-0.2, -0.15) is 0 Å². The summed E-state index contributed by atoms with van der Waals surface area (Å²) in [6.45, 7) is 0. The molecule has 2 aromatic rings. The van der Waals surface area contributed by atoms with Gasteiger partial charge < -0.3 is 0 Å². The Morgan fingerprint density at radius 3 is 2.88 bits per heavy atom. The zero-order chi connectivity index (χ0) is 10.8. The number of rotatable bonds is 1. The zero-order valence-electron chi connectivity index (χ0n) is 8.45. The predicted molar refractivity (Wildman–Crippen MR) is 67.6 cm³/mol. The molecular weight excluding hydrogens is 218 g/mol. The Morgan fingerprint density at radius 1 is 1.12 bits per heavy atom. The van der Waals surface area contributed by atoms with Gasteiger partial charge in [0, 0.05) is 0 Å². The third-order valence-corrected chi connectivity index (χ3v) is 3.87. The van der Waals surface area contributed by atoms with E-state index < -0.39 is 0 Å². The molecule has 1 aliphatic heterocycles. The van der Waals surface area contributed by atoms with Gasteiger partial charge in [0.1, 0.15) is 17.0 Å². The summed E-state index contributed by atoms with van der Waals surface area (Å²) in [5, 5.41) is 3.20. The van der Waals surface area contributed by atoms with E-state index >= 15 is 0 Å². The lowest BCUT2D eigenvalue weighted by atomic mass is 10.2. The van der Waals surface area contributed by atoms with Crippen LogP contribution in [-0.2, 0) is 0 Å². The van der Waals surface area contributed by atoms with Crippen LogP contribution in [0.4, 0.5) is 5.69 Å². The van der Waals surface area contributed by atoms with Crippen molar-refractivity contribution in [3.8, 4) is 0 Å². The van der Waals surface area contributed by atoms with Gasteiger partial charge in [0.05, 0.1) is 11.7 Å². The smallest absolute Gasteiger partial charge is 0.125 e. The molecule has 2 heterocycles. The second-order valence-electron chi connectivity index (χ2n) is 3.35. The second kappa shape index (κ2) is 3.98. The van der Waals surface area contributed by atoms with Gasteiger partial charge in [0.2, 0.25) is 0 Å². The van der Waals surface area contributed by atoms with Gasteiger partial charge in [-0.25, -0.2) is 15.0 Å². The summed E-state index contributed by atoms with van der Waals surface area (Å²) in [5.74, 6) is 0. The molecule has 0 amide bonds. The summed E-state index contributed by atoms with van der Waals surface area (Å²) < 4.78 is 0. The van der Waals surface area contributed by atoms with Crippen LogP contribution in [0, 0.1) is 0 Å². The van der Waals surface area contributed by atoms with Crippen molar-refractivity contribution < 1.29 is 0 Å². The maximum atomic E-state index is 4.31. The SMILES string of the molecule is C1=Nc2cncnc2S1=Cc1ccccc1. The van der Waals surface area contributed by atoms with Crippen LogP contribution in [0.1, 0.15) is 5.56 Å². The summed E-state index contributed by atoms with van der Waals surface area (Å²) in [6.07, 6.45) is 3.33. The minimum atomic E-state index is -0.121. The van der Waals surface area contributed by atoms with Crippen molar-refractivity contribution in [1.82, 2.24) is 9.97 Å². The van der Waals surface area contributed by atoms with E-state index in [9.17, 15) is 0 Å². The molecule has 0 saturated heterocycles. The van der Waals surface area contributed by atoms with E-state index in [4.69, 9.17) is 0 Å². The Hall–Kier alpha value is -1.81. The molecule has 16 heavy (non-hydrogen) atoms. The van der Waals surface area contributed by atoms with Crippen molar-refractivity contribution in [3.05, 3.63) is 48.4 Å². The molecule has 1 aromatic heterocycles. The third kappa shape index (κ3) is 1.67. The molecule has 0 aliphatic carbocycles. The summed E-state index contributed by atoms with van der Waals surface area (Å²) >= 11 is 0. The Labute approximate surface area is 95.8 Å². The Kier molecular flexibility index (Phi) is 2.34. The van der Waals surface area contributed by atoms with E-state index in [1.54, 1.807) is 12.5 Å². The highest BCUT2D eigenvalue weighted by atomic mass is 32.2. The first-order valence-electron chi connectivity index (χ1n) is 4.89. The molecule has 78 valence electrons. The van der Waals surface area contributed by atoms with Crippen molar-refractivity contribution in [2.75, 3.05) is 0 Å². The van der Waals surface area contributed by atoms with Crippen LogP contribution < -0.4 is 0 Å². The molecule has 1 aliphatic rings. The van der Waals surface area contributed by atoms with Crippen LogP contribution in [0.2, 0.25) is 0 Å². The summed E-state index contributed by atoms with van der Waals surface area (Å²) in [4.78, 5) is 12.6. The van der Waals surface area contributed by atoms with Gasteiger partial charge in [-0.3, -0.25) is 0 Å². The molecule has 0 radical (unpaired) electrons. The largest absolute Gasteiger partial charge is 0.246 e. The monoisotopic (exact) mass is 227 g/mol. The predicted octanol–water partition coefficient (Wildman–Crippen LogP) is 2.63. The van der Waals surface area contributed by atoms with E-state index in [0.29, 0.717) is 0 Å². The topological polar surface area (TPSA) is 38.1 Å². The highest BCUT2D eigenvalue weighted by molar-refractivity contribution is 8.26. The number of hydrogen-bond acceptors (Lipinski definition) is 3. The average Bonchev–Trinajstić information content (AvgIpc) is 2.74. The lowest BCUT2D eigenvalue weighted by Gasteiger charge is -1.98. The van der Waals surface area contributed by atoms with Gasteiger partial charge in [0.15, 0.2) is 0 Å². The summed E-state index contributed by atoms with van der Waals surface area (Å²) in [5.41, 5.74) is 4.02. The minimum absolute atomic E-state index is 0.121. The first-order chi connectivity index (χ1) is 7.93. The van der Waals surface area contributed by atoms with Crippen LogP contribution in [0.15, 0.2) is 52.9 Å². The normalized spacial score (nSPS) is 17.6. The first kappa shape index (κ1) is 9.42. The van der Waals surface area contributed by atoms with Gasteiger partial charge in [0.25, 0.3) is 0 Å². The number of aromatic nitrogens is 2. The molecule has 1 unspecified atom stereocenters. The van der Waals surface area contributed by atoms with E-state index in [1.807, 2.05) is 23.7 Å². The summed E-state index contributed by atoms with van der Waals surface area (Å²) in [7, 11) is -0.121. The van der Waals surface area contributed by atoms with Gasteiger partial charge in [-0.05, 0) is 10.9 Å². The third-order valence-electron chi connectivity index (χ3n) is 2.25. The maximum absolute atomic E-state index is 4.31. The molecule has 0 bridgehead atoms. The van der Waals surface area contributed by atoms with Crippen molar-refractivity contribution >= 4 is 27.1 Å². The molecule has 0 spiro atoms. The average molecular weight is 227 g/mol. The molecule has 3 rings (SSSR count). The number of benzene rings is 1. The van der Waals surface area contributed by atoms with E-state index in [1.165, 1.54) is 5.56 Å². The highest BCUT2D eigenvalue weighted by Gasteiger charge is 2.11. The fourth-order valence-corrected chi connectivity index (χ4v) is 2.97. The molecule has 1 aromatic carbocycles. The fraction of sp³-hybridized carbons (Fsp3) is 0. The maximum Gasteiger partial charge on any atom is 0.125 e. The highest BCUT2D eigenvalue weighted by Crippen LogP contribution is 2.36.